The smallest absolute Gasteiger partial charge is 0.255 e. The van der Waals surface area contributed by atoms with Gasteiger partial charge in [-0.3, -0.25) is 4.79 Å². The van der Waals surface area contributed by atoms with Crippen LogP contribution in [0.5, 0.6) is 11.5 Å². The van der Waals surface area contributed by atoms with Crippen molar-refractivity contribution in [3.05, 3.63) is 51.5 Å². The Hall–Kier alpha value is -2.01. The number of hydrogen-bond donors (Lipinski definition) is 1. The Bertz CT molecular complexity index is 759. The minimum Gasteiger partial charge on any atom is -0.490 e. The Morgan fingerprint density at radius 2 is 1.92 bits per heavy atom. The zero-order chi connectivity index (χ0) is 18.4. The summed E-state index contributed by atoms with van der Waals surface area (Å²) in [6.07, 6.45) is 0.896. The van der Waals surface area contributed by atoms with Crippen LogP contribution < -0.4 is 14.8 Å². The normalized spacial score (nSPS) is 10.4. The molecule has 0 bridgehead atoms. The number of carbonyl (C=O) groups excluding carboxylic acids is 1. The van der Waals surface area contributed by atoms with Crippen LogP contribution in [-0.4, -0.2) is 19.1 Å². The van der Waals surface area contributed by atoms with E-state index in [4.69, 9.17) is 9.47 Å². The molecule has 0 atom stereocenters. The van der Waals surface area contributed by atoms with Gasteiger partial charge in [0.05, 0.1) is 17.7 Å². The van der Waals surface area contributed by atoms with E-state index in [-0.39, 0.29) is 5.91 Å². The molecular weight excluding hydrogens is 382 g/mol. The number of rotatable bonds is 7. The fourth-order valence-corrected chi connectivity index (χ4v) is 2.94. The molecule has 2 rings (SSSR count). The second-order valence-electron chi connectivity index (χ2n) is 5.77. The fraction of sp³-hybridized carbons (Fsp3) is 0.350. The fourth-order valence-electron chi connectivity index (χ4n) is 2.39. The number of amides is 1. The molecule has 0 aliphatic rings. The van der Waals surface area contributed by atoms with Crippen LogP contribution in [0.2, 0.25) is 0 Å². The Morgan fingerprint density at radius 1 is 1.16 bits per heavy atom. The molecule has 134 valence electrons. The van der Waals surface area contributed by atoms with E-state index in [0.29, 0.717) is 34.7 Å². The first-order chi connectivity index (χ1) is 12.0. The second-order valence-corrected chi connectivity index (χ2v) is 6.62. The summed E-state index contributed by atoms with van der Waals surface area (Å²) in [4.78, 5) is 12.7. The Labute approximate surface area is 157 Å². The van der Waals surface area contributed by atoms with Gasteiger partial charge in [0.2, 0.25) is 0 Å². The van der Waals surface area contributed by atoms with Crippen molar-refractivity contribution < 1.29 is 14.3 Å². The second kappa shape index (κ2) is 8.90. The van der Waals surface area contributed by atoms with Crippen LogP contribution in [0.4, 0.5) is 5.69 Å². The molecule has 1 amide bonds. The number of nitrogens with one attached hydrogen (secondary N) is 1. The van der Waals surface area contributed by atoms with E-state index in [9.17, 15) is 4.79 Å². The molecule has 1 N–H and O–H groups in total. The van der Waals surface area contributed by atoms with E-state index >= 15 is 0 Å². The maximum Gasteiger partial charge on any atom is 0.255 e. The van der Waals surface area contributed by atoms with Crippen LogP contribution in [-0.2, 0) is 0 Å². The van der Waals surface area contributed by atoms with Gasteiger partial charge in [-0.25, -0.2) is 0 Å². The maximum absolute atomic E-state index is 12.7. The predicted molar refractivity (Wildman–Crippen MR) is 105 cm³/mol. The summed E-state index contributed by atoms with van der Waals surface area (Å²) < 4.78 is 12.1. The van der Waals surface area contributed by atoms with Gasteiger partial charge in [-0.2, -0.15) is 0 Å². The first-order valence-corrected chi connectivity index (χ1v) is 9.23. The predicted octanol–water partition coefficient (Wildman–Crippen LogP) is 5.51. The van der Waals surface area contributed by atoms with Crippen molar-refractivity contribution in [2.45, 2.75) is 34.1 Å². The van der Waals surface area contributed by atoms with Gasteiger partial charge in [-0.1, -0.05) is 19.1 Å². The minimum atomic E-state index is -0.183. The summed E-state index contributed by atoms with van der Waals surface area (Å²) >= 11 is 3.49. The van der Waals surface area contributed by atoms with Crippen LogP contribution in [0, 0.1) is 13.8 Å². The van der Waals surface area contributed by atoms with Gasteiger partial charge in [0, 0.05) is 11.3 Å². The number of anilines is 1. The molecule has 0 aliphatic carbocycles. The number of hydrogen-bond acceptors (Lipinski definition) is 3. The van der Waals surface area contributed by atoms with Gasteiger partial charge < -0.3 is 14.8 Å². The summed E-state index contributed by atoms with van der Waals surface area (Å²) in [5, 5.41) is 2.97. The molecule has 0 saturated carbocycles. The molecule has 4 nitrogen and oxygen atoms in total. The van der Waals surface area contributed by atoms with Gasteiger partial charge >= 0.3 is 0 Å². The molecular formula is C20H24BrNO3. The molecule has 0 fully saturated rings. The van der Waals surface area contributed by atoms with Crippen LogP contribution in [0.1, 0.15) is 41.8 Å². The monoisotopic (exact) mass is 405 g/mol. The number of carbonyl (C=O) groups is 1. The lowest BCUT2D eigenvalue weighted by Gasteiger charge is -2.16. The van der Waals surface area contributed by atoms with Crippen LogP contribution in [0.25, 0.3) is 0 Å². The van der Waals surface area contributed by atoms with Crippen molar-refractivity contribution in [1.82, 2.24) is 0 Å². The van der Waals surface area contributed by atoms with Gasteiger partial charge in [-0.05, 0) is 72.4 Å². The van der Waals surface area contributed by atoms with E-state index in [1.54, 1.807) is 12.1 Å². The summed E-state index contributed by atoms with van der Waals surface area (Å²) in [6, 6.07) is 9.33. The summed E-state index contributed by atoms with van der Waals surface area (Å²) in [5.41, 5.74) is 3.52. The average Bonchev–Trinajstić information content (AvgIpc) is 2.58. The number of aryl methyl sites for hydroxylation is 1. The lowest BCUT2D eigenvalue weighted by atomic mass is 10.1. The molecule has 25 heavy (non-hydrogen) atoms. The molecule has 2 aromatic rings. The average molecular weight is 406 g/mol. The molecule has 0 saturated heterocycles. The van der Waals surface area contributed by atoms with E-state index in [1.807, 2.05) is 45.9 Å². The lowest BCUT2D eigenvalue weighted by Crippen LogP contribution is -2.14. The first kappa shape index (κ1) is 19.3. The largest absolute Gasteiger partial charge is 0.490 e. The highest BCUT2D eigenvalue weighted by atomic mass is 79.9. The van der Waals surface area contributed by atoms with Crippen molar-refractivity contribution >= 4 is 27.5 Å². The van der Waals surface area contributed by atoms with Gasteiger partial charge in [0.15, 0.2) is 11.5 Å². The first-order valence-electron chi connectivity index (χ1n) is 8.44. The zero-order valence-corrected chi connectivity index (χ0v) is 16.7. The molecule has 0 radical (unpaired) electrons. The highest BCUT2D eigenvalue weighted by Gasteiger charge is 2.17. The van der Waals surface area contributed by atoms with E-state index in [2.05, 4.69) is 21.2 Å². The summed E-state index contributed by atoms with van der Waals surface area (Å²) in [6.45, 7) is 9.05. The molecule has 0 aromatic heterocycles. The van der Waals surface area contributed by atoms with Gasteiger partial charge in [0.1, 0.15) is 0 Å². The zero-order valence-electron chi connectivity index (χ0n) is 15.1. The topological polar surface area (TPSA) is 47.6 Å². The number of ether oxygens (including phenoxy) is 2. The van der Waals surface area contributed by atoms with Gasteiger partial charge in [-0.15, -0.1) is 0 Å². The van der Waals surface area contributed by atoms with Crippen molar-refractivity contribution in [3.8, 4) is 11.5 Å². The third-order valence-corrected chi connectivity index (χ3v) is 4.46. The SMILES string of the molecule is CCCOc1c(Br)cc(C(=O)Nc2cccc(C)c2C)cc1OCC. The number of halogens is 1. The van der Waals surface area contributed by atoms with Crippen LogP contribution in [0.3, 0.4) is 0 Å². The van der Waals surface area contributed by atoms with Crippen LogP contribution in [0.15, 0.2) is 34.8 Å². The molecule has 2 aromatic carbocycles. The van der Waals surface area contributed by atoms with E-state index < -0.39 is 0 Å². The molecule has 0 spiro atoms. The summed E-state index contributed by atoms with van der Waals surface area (Å²) in [7, 11) is 0. The van der Waals surface area contributed by atoms with Crippen molar-refractivity contribution in [1.29, 1.82) is 0 Å². The van der Waals surface area contributed by atoms with Crippen molar-refractivity contribution in [3.63, 3.8) is 0 Å². The van der Waals surface area contributed by atoms with Crippen molar-refractivity contribution in [2.75, 3.05) is 18.5 Å². The van der Waals surface area contributed by atoms with E-state index in [1.165, 1.54) is 0 Å². The number of benzene rings is 2. The highest BCUT2D eigenvalue weighted by molar-refractivity contribution is 9.10. The molecule has 0 aliphatic heterocycles. The Morgan fingerprint density at radius 3 is 2.60 bits per heavy atom. The molecule has 0 unspecified atom stereocenters. The van der Waals surface area contributed by atoms with Gasteiger partial charge in [0.25, 0.3) is 5.91 Å². The Kier molecular flexibility index (Phi) is 6.88. The quantitative estimate of drug-likeness (QED) is 0.660. The van der Waals surface area contributed by atoms with E-state index in [0.717, 1.165) is 23.2 Å². The molecule has 0 heterocycles. The molecule has 5 heteroatoms. The van der Waals surface area contributed by atoms with Crippen LogP contribution >= 0.6 is 15.9 Å². The highest BCUT2D eigenvalue weighted by Crippen LogP contribution is 2.37. The lowest BCUT2D eigenvalue weighted by molar-refractivity contribution is 0.102. The van der Waals surface area contributed by atoms with Crippen molar-refractivity contribution in [2.24, 2.45) is 0 Å². The minimum absolute atomic E-state index is 0.183. The summed E-state index contributed by atoms with van der Waals surface area (Å²) in [5.74, 6) is 1.01. The third kappa shape index (κ3) is 4.75. The standard InChI is InChI=1S/C20H24BrNO3/c1-5-10-25-19-16(21)11-15(12-18(19)24-6-2)20(23)22-17-9-7-8-13(3)14(17)4/h7-9,11-12H,5-6,10H2,1-4H3,(H,22,23). The maximum atomic E-state index is 12.7. The third-order valence-electron chi connectivity index (χ3n) is 3.87. The Balaban J connectivity index is 2.31.